The van der Waals surface area contributed by atoms with Crippen LogP contribution in [-0.2, 0) is 5.54 Å². The van der Waals surface area contributed by atoms with Gasteiger partial charge in [-0.25, -0.2) is 14.1 Å². The molecule has 38 heavy (non-hydrogen) atoms. The molecule has 0 radical (unpaired) electrons. The number of nitrogens with zero attached hydrogens (tertiary/aromatic N) is 3. The van der Waals surface area contributed by atoms with Crippen molar-refractivity contribution in [3.63, 3.8) is 0 Å². The van der Waals surface area contributed by atoms with Crippen LogP contribution in [0.3, 0.4) is 0 Å². The van der Waals surface area contributed by atoms with Crippen LogP contribution < -0.4 is 5.73 Å². The molecule has 2 N–H and O–H groups in total. The third-order valence-corrected chi connectivity index (χ3v) is 6.75. The molecule has 2 aromatic heterocycles. The fraction of sp³-hybridized carbons (Fsp3) is 0.0303. The number of rotatable bonds is 6. The first-order chi connectivity index (χ1) is 18.7. The molecule has 5 heteroatoms. The van der Waals surface area contributed by atoms with E-state index in [9.17, 15) is 4.39 Å². The van der Waals surface area contributed by atoms with Crippen LogP contribution in [0.5, 0.6) is 0 Å². The predicted molar refractivity (Wildman–Crippen MR) is 152 cm³/mol. The number of fused-ring (bicyclic) bond motifs is 1. The summed E-state index contributed by atoms with van der Waals surface area (Å²) in [7, 11) is 0. The van der Waals surface area contributed by atoms with E-state index >= 15 is 0 Å². The Bertz CT molecular complexity index is 1630. The Morgan fingerprint density at radius 3 is 1.79 bits per heavy atom. The fourth-order valence-corrected chi connectivity index (χ4v) is 5.09. The van der Waals surface area contributed by atoms with Gasteiger partial charge >= 0.3 is 0 Å². The number of anilines is 1. The summed E-state index contributed by atoms with van der Waals surface area (Å²) in [6.07, 6.45) is 3.71. The molecule has 0 saturated heterocycles. The summed E-state index contributed by atoms with van der Waals surface area (Å²) in [5, 5.41) is 5.19. The number of halogens is 1. The van der Waals surface area contributed by atoms with E-state index in [2.05, 4.69) is 41.4 Å². The number of hydrogen-bond donors (Lipinski definition) is 1. The van der Waals surface area contributed by atoms with Crippen LogP contribution in [0.15, 0.2) is 127 Å². The molecule has 4 aromatic carbocycles. The van der Waals surface area contributed by atoms with Gasteiger partial charge in [-0.05, 0) is 52.6 Å². The van der Waals surface area contributed by atoms with Crippen molar-refractivity contribution in [3.8, 4) is 0 Å². The van der Waals surface area contributed by atoms with E-state index in [1.165, 1.54) is 12.1 Å². The van der Waals surface area contributed by atoms with Crippen molar-refractivity contribution in [2.24, 2.45) is 0 Å². The van der Waals surface area contributed by atoms with Crippen molar-refractivity contribution in [1.82, 2.24) is 14.8 Å². The lowest BCUT2D eigenvalue weighted by molar-refractivity contribution is 0.475. The summed E-state index contributed by atoms with van der Waals surface area (Å²) in [6.45, 7) is 0. The Morgan fingerprint density at radius 1 is 0.658 bits per heavy atom. The van der Waals surface area contributed by atoms with Crippen LogP contribution >= 0.6 is 0 Å². The van der Waals surface area contributed by atoms with Crippen molar-refractivity contribution in [2.45, 2.75) is 5.54 Å². The minimum atomic E-state index is -0.801. The number of nitrogens with two attached hydrogens (primary N) is 1. The summed E-state index contributed by atoms with van der Waals surface area (Å²) in [4.78, 5) is 4.69. The van der Waals surface area contributed by atoms with Crippen LogP contribution in [0.25, 0.3) is 23.2 Å². The molecule has 4 nitrogen and oxygen atoms in total. The van der Waals surface area contributed by atoms with Gasteiger partial charge in [0.2, 0.25) is 0 Å². The van der Waals surface area contributed by atoms with Crippen molar-refractivity contribution in [1.29, 1.82) is 0 Å². The molecule has 2 heterocycles. The zero-order valence-electron chi connectivity index (χ0n) is 20.6. The van der Waals surface area contributed by atoms with Crippen LogP contribution in [0, 0.1) is 5.82 Å². The van der Waals surface area contributed by atoms with Crippen molar-refractivity contribution in [3.05, 3.63) is 161 Å². The van der Waals surface area contributed by atoms with Crippen LogP contribution in [0.2, 0.25) is 0 Å². The molecule has 6 rings (SSSR count). The highest BCUT2D eigenvalue weighted by Gasteiger charge is 2.40. The molecule has 0 unspecified atom stereocenters. The van der Waals surface area contributed by atoms with E-state index in [4.69, 9.17) is 10.8 Å². The zero-order chi connectivity index (χ0) is 26.0. The number of pyridine rings is 1. The zero-order valence-corrected chi connectivity index (χ0v) is 20.6. The van der Waals surface area contributed by atoms with E-state index in [0.29, 0.717) is 17.0 Å². The second kappa shape index (κ2) is 9.79. The molecule has 184 valence electrons. The van der Waals surface area contributed by atoms with Crippen molar-refractivity contribution >= 4 is 29.0 Å². The van der Waals surface area contributed by atoms with Gasteiger partial charge in [0, 0.05) is 0 Å². The van der Waals surface area contributed by atoms with Gasteiger partial charge in [-0.3, -0.25) is 0 Å². The normalized spacial score (nSPS) is 11.8. The van der Waals surface area contributed by atoms with Gasteiger partial charge in [0.05, 0.1) is 5.52 Å². The summed E-state index contributed by atoms with van der Waals surface area (Å²) in [5.41, 5.74) is 11.4. The second-order valence-electron chi connectivity index (χ2n) is 9.10. The van der Waals surface area contributed by atoms with Gasteiger partial charge in [0.25, 0.3) is 0 Å². The molecule has 0 saturated carbocycles. The molecule has 0 spiro atoms. The molecular weight excluding hydrogens is 471 g/mol. The van der Waals surface area contributed by atoms with Gasteiger partial charge in [-0.2, -0.15) is 5.10 Å². The molecule has 0 fully saturated rings. The van der Waals surface area contributed by atoms with Crippen LogP contribution in [-0.4, -0.2) is 14.8 Å². The summed E-state index contributed by atoms with van der Waals surface area (Å²) < 4.78 is 15.9. The molecule has 0 aliphatic heterocycles. The standard InChI is InChI=1S/C33H25FN4/c34-28-18-10-11-24(23-28)19-20-29-32-30(21-22-31(35)36-32)38(37-29)33(25-12-4-1-5-13-25,26-14-6-2-7-15-26)27-16-8-3-9-17-27/h1-23H,(H2,35,36). The Balaban J connectivity index is 1.70. The predicted octanol–water partition coefficient (Wildman–Crippen LogP) is 7.16. The summed E-state index contributed by atoms with van der Waals surface area (Å²) in [6, 6.07) is 41.3. The average molecular weight is 497 g/mol. The molecule has 0 aliphatic rings. The molecule has 0 amide bonds. The minimum absolute atomic E-state index is 0.291. The van der Waals surface area contributed by atoms with Gasteiger partial charge in [-0.15, -0.1) is 0 Å². The Hall–Kier alpha value is -5.03. The first-order valence-corrected chi connectivity index (χ1v) is 12.4. The third-order valence-electron chi connectivity index (χ3n) is 6.75. The van der Waals surface area contributed by atoms with E-state index in [1.807, 2.05) is 83.6 Å². The second-order valence-corrected chi connectivity index (χ2v) is 9.10. The van der Waals surface area contributed by atoms with Gasteiger partial charge in [0.15, 0.2) is 0 Å². The molecule has 0 atom stereocenters. The van der Waals surface area contributed by atoms with Gasteiger partial charge < -0.3 is 5.73 Å². The summed E-state index contributed by atoms with van der Waals surface area (Å²) in [5.74, 6) is 0.114. The highest BCUT2D eigenvalue weighted by molar-refractivity contribution is 5.88. The highest BCUT2D eigenvalue weighted by Crippen LogP contribution is 2.42. The Kier molecular flexibility index (Phi) is 6.02. The lowest BCUT2D eigenvalue weighted by Crippen LogP contribution is -2.38. The van der Waals surface area contributed by atoms with Gasteiger partial charge in [-0.1, -0.05) is 109 Å². The van der Waals surface area contributed by atoms with Crippen molar-refractivity contribution in [2.75, 3.05) is 5.73 Å². The number of aromatic nitrogens is 3. The fourth-order valence-electron chi connectivity index (χ4n) is 5.09. The quantitative estimate of drug-likeness (QED) is 0.249. The number of hydrogen-bond acceptors (Lipinski definition) is 3. The Morgan fingerprint density at radius 2 is 1.24 bits per heavy atom. The molecule has 0 bridgehead atoms. The first kappa shape index (κ1) is 23.4. The number of nitrogen functional groups attached to an aromatic ring is 1. The SMILES string of the molecule is Nc1ccc2c(n1)c(C=Cc1cccc(F)c1)nn2C(c1ccccc1)(c1ccccc1)c1ccccc1. The van der Waals surface area contributed by atoms with Gasteiger partial charge in [0.1, 0.15) is 28.4 Å². The lowest BCUT2D eigenvalue weighted by atomic mass is 9.77. The maximum atomic E-state index is 13.8. The smallest absolute Gasteiger partial charge is 0.138 e. The first-order valence-electron chi connectivity index (χ1n) is 12.4. The van der Waals surface area contributed by atoms with E-state index in [1.54, 1.807) is 12.1 Å². The summed E-state index contributed by atoms with van der Waals surface area (Å²) >= 11 is 0. The minimum Gasteiger partial charge on any atom is -0.384 e. The topological polar surface area (TPSA) is 56.7 Å². The van der Waals surface area contributed by atoms with Crippen LogP contribution in [0.4, 0.5) is 10.2 Å². The third kappa shape index (κ3) is 4.04. The molecule has 6 aromatic rings. The maximum Gasteiger partial charge on any atom is 0.138 e. The monoisotopic (exact) mass is 496 g/mol. The van der Waals surface area contributed by atoms with E-state index in [-0.39, 0.29) is 5.82 Å². The molecular formula is C33H25FN4. The highest BCUT2D eigenvalue weighted by atomic mass is 19.1. The maximum absolute atomic E-state index is 13.8. The molecule has 0 aliphatic carbocycles. The largest absolute Gasteiger partial charge is 0.384 e. The van der Waals surface area contributed by atoms with Crippen LogP contribution in [0.1, 0.15) is 27.9 Å². The lowest BCUT2D eigenvalue weighted by Gasteiger charge is -2.36. The van der Waals surface area contributed by atoms with E-state index < -0.39 is 5.54 Å². The van der Waals surface area contributed by atoms with Crippen molar-refractivity contribution < 1.29 is 4.39 Å². The number of benzene rings is 4. The Labute approximate surface area is 220 Å². The average Bonchev–Trinajstić information content (AvgIpc) is 3.32. The van der Waals surface area contributed by atoms with E-state index in [0.717, 1.165) is 27.8 Å².